The number of rotatable bonds is 1. The van der Waals surface area contributed by atoms with E-state index >= 15 is 0 Å². The third kappa shape index (κ3) is 1.83. The van der Waals surface area contributed by atoms with Crippen molar-refractivity contribution in [2.24, 2.45) is 0 Å². The van der Waals surface area contributed by atoms with Crippen LogP contribution in [-0.4, -0.2) is 14.6 Å². The van der Waals surface area contributed by atoms with Crippen molar-refractivity contribution in [1.29, 1.82) is 0 Å². The molecular formula is C20H12FN3. The molecule has 0 bridgehead atoms. The van der Waals surface area contributed by atoms with E-state index in [1.165, 1.54) is 6.07 Å². The van der Waals surface area contributed by atoms with Gasteiger partial charge in [0.2, 0.25) is 0 Å². The first-order valence-electron chi connectivity index (χ1n) is 7.71. The highest BCUT2D eigenvalue weighted by Crippen LogP contribution is 2.32. The fourth-order valence-corrected chi connectivity index (χ4v) is 3.26. The summed E-state index contributed by atoms with van der Waals surface area (Å²) in [6, 6.07) is 18.8. The van der Waals surface area contributed by atoms with Gasteiger partial charge in [0.15, 0.2) is 0 Å². The Balaban J connectivity index is 2.05. The Morgan fingerprint density at radius 2 is 1.75 bits per heavy atom. The normalized spacial score (nSPS) is 11.5. The van der Waals surface area contributed by atoms with Gasteiger partial charge in [0.05, 0.1) is 17.4 Å². The van der Waals surface area contributed by atoms with Crippen LogP contribution in [0, 0.1) is 5.82 Å². The van der Waals surface area contributed by atoms with E-state index in [0.717, 1.165) is 38.4 Å². The molecule has 0 unspecified atom stereocenters. The van der Waals surface area contributed by atoms with Gasteiger partial charge in [-0.3, -0.25) is 4.98 Å². The van der Waals surface area contributed by atoms with Gasteiger partial charge in [-0.15, -0.1) is 0 Å². The second-order valence-electron chi connectivity index (χ2n) is 5.78. The van der Waals surface area contributed by atoms with Crippen molar-refractivity contribution in [1.82, 2.24) is 14.6 Å². The quantitative estimate of drug-likeness (QED) is 0.443. The predicted molar refractivity (Wildman–Crippen MR) is 93.4 cm³/mol. The molecule has 3 heterocycles. The lowest BCUT2D eigenvalue weighted by Crippen LogP contribution is -1.95. The topological polar surface area (TPSA) is 30.2 Å². The van der Waals surface area contributed by atoms with Crippen LogP contribution in [0.1, 0.15) is 0 Å². The second kappa shape index (κ2) is 4.86. The van der Waals surface area contributed by atoms with Crippen molar-refractivity contribution in [2.45, 2.75) is 0 Å². The molecule has 0 amide bonds. The molecule has 5 aromatic rings. The zero-order valence-corrected chi connectivity index (χ0v) is 12.6. The van der Waals surface area contributed by atoms with Crippen molar-refractivity contribution >= 4 is 27.2 Å². The molecule has 0 atom stereocenters. The molecule has 0 aliphatic carbocycles. The SMILES string of the molecule is Fc1ccc2c(c1)cc(-c1ccccc1)n1nc3cnccc3c21. The van der Waals surface area contributed by atoms with Crippen LogP contribution in [0.25, 0.3) is 38.4 Å². The van der Waals surface area contributed by atoms with E-state index in [2.05, 4.69) is 4.98 Å². The molecule has 0 N–H and O–H groups in total. The highest BCUT2D eigenvalue weighted by atomic mass is 19.1. The molecular weight excluding hydrogens is 301 g/mol. The summed E-state index contributed by atoms with van der Waals surface area (Å²) in [5.41, 5.74) is 3.77. The van der Waals surface area contributed by atoms with Crippen LogP contribution >= 0.6 is 0 Å². The predicted octanol–water partition coefficient (Wildman–Crippen LogP) is 4.84. The highest BCUT2D eigenvalue weighted by Gasteiger charge is 2.14. The van der Waals surface area contributed by atoms with Crippen LogP contribution in [0.15, 0.2) is 73.1 Å². The summed E-state index contributed by atoms with van der Waals surface area (Å²) in [6.07, 6.45) is 3.51. The van der Waals surface area contributed by atoms with Crippen LogP contribution in [0.5, 0.6) is 0 Å². The molecule has 3 aromatic heterocycles. The number of nitrogens with zero attached hydrogens (tertiary/aromatic N) is 3. The largest absolute Gasteiger partial charge is 0.262 e. The minimum absolute atomic E-state index is 0.239. The lowest BCUT2D eigenvalue weighted by Gasteiger charge is -2.09. The molecule has 0 aliphatic heterocycles. The van der Waals surface area contributed by atoms with Gasteiger partial charge < -0.3 is 0 Å². The molecule has 4 heteroatoms. The third-order valence-corrected chi connectivity index (χ3v) is 4.33. The van der Waals surface area contributed by atoms with Gasteiger partial charge in [-0.2, -0.15) is 5.10 Å². The van der Waals surface area contributed by atoms with E-state index < -0.39 is 0 Å². The van der Waals surface area contributed by atoms with Gasteiger partial charge in [0.1, 0.15) is 11.3 Å². The number of halogens is 1. The molecule has 0 fully saturated rings. The average Bonchev–Trinajstić information content (AvgIpc) is 3.01. The first kappa shape index (κ1) is 13.2. The monoisotopic (exact) mass is 313 g/mol. The maximum absolute atomic E-state index is 13.8. The number of benzene rings is 2. The number of pyridine rings is 2. The molecule has 0 saturated heterocycles. The van der Waals surface area contributed by atoms with Crippen molar-refractivity contribution < 1.29 is 4.39 Å². The first-order valence-corrected chi connectivity index (χ1v) is 7.71. The van der Waals surface area contributed by atoms with Gasteiger partial charge in [-0.05, 0) is 35.7 Å². The average molecular weight is 313 g/mol. The van der Waals surface area contributed by atoms with Crippen LogP contribution in [0.4, 0.5) is 4.39 Å². The summed E-state index contributed by atoms with van der Waals surface area (Å²) in [6.45, 7) is 0. The fraction of sp³-hybridized carbons (Fsp3) is 0. The van der Waals surface area contributed by atoms with Crippen LogP contribution < -0.4 is 0 Å². The van der Waals surface area contributed by atoms with E-state index in [1.807, 2.05) is 53.0 Å². The number of fused-ring (bicyclic) bond motifs is 5. The molecule has 0 aliphatic rings. The second-order valence-corrected chi connectivity index (χ2v) is 5.78. The van der Waals surface area contributed by atoms with Crippen molar-refractivity contribution in [3.63, 3.8) is 0 Å². The zero-order valence-electron chi connectivity index (χ0n) is 12.6. The van der Waals surface area contributed by atoms with Gasteiger partial charge in [0, 0.05) is 22.5 Å². The summed E-state index contributed by atoms with van der Waals surface area (Å²) in [5, 5.41) is 7.58. The fourth-order valence-electron chi connectivity index (χ4n) is 3.26. The van der Waals surface area contributed by atoms with Crippen LogP contribution in [-0.2, 0) is 0 Å². The minimum atomic E-state index is -0.239. The van der Waals surface area contributed by atoms with E-state index in [9.17, 15) is 4.39 Å². The van der Waals surface area contributed by atoms with Crippen LogP contribution in [0.2, 0.25) is 0 Å². The summed E-state index contributed by atoms with van der Waals surface area (Å²) in [7, 11) is 0. The van der Waals surface area contributed by atoms with Gasteiger partial charge in [-0.1, -0.05) is 30.3 Å². The molecule has 2 aromatic carbocycles. The number of aromatic nitrogens is 3. The maximum atomic E-state index is 13.8. The Bertz CT molecular complexity index is 1210. The van der Waals surface area contributed by atoms with Gasteiger partial charge in [-0.25, -0.2) is 8.91 Å². The third-order valence-electron chi connectivity index (χ3n) is 4.33. The van der Waals surface area contributed by atoms with Crippen molar-refractivity contribution in [3.8, 4) is 11.3 Å². The number of hydrogen-bond acceptors (Lipinski definition) is 2. The maximum Gasteiger partial charge on any atom is 0.123 e. The summed E-state index contributed by atoms with van der Waals surface area (Å²) < 4.78 is 15.7. The number of hydrogen-bond donors (Lipinski definition) is 0. The van der Waals surface area contributed by atoms with Gasteiger partial charge in [0.25, 0.3) is 0 Å². The Morgan fingerprint density at radius 3 is 2.62 bits per heavy atom. The smallest absolute Gasteiger partial charge is 0.123 e. The lowest BCUT2D eigenvalue weighted by atomic mass is 10.0. The molecule has 114 valence electrons. The van der Waals surface area contributed by atoms with E-state index in [1.54, 1.807) is 18.5 Å². The van der Waals surface area contributed by atoms with E-state index in [0.29, 0.717) is 0 Å². The summed E-state index contributed by atoms with van der Waals surface area (Å²) >= 11 is 0. The molecule has 0 radical (unpaired) electrons. The van der Waals surface area contributed by atoms with E-state index in [4.69, 9.17) is 5.10 Å². The Labute approximate surface area is 137 Å². The molecule has 0 spiro atoms. The summed E-state index contributed by atoms with van der Waals surface area (Å²) in [4.78, 5) is 4.17. The molecule has 5 rings (SSSR count). The van der Waals surface area contributed by atoms with E-state index in [-0.39, 0.29) is 5.82 Å². The van der Waals surface area contributed by atoms with Crippen molar-refractivity contribution in [3.05, 3.63) is 78.9 Å². The first-order chi connectivity index (χ1) is 11.8. The van der Waals surface area contributed by atoms with Crippen molar-refractivity contribution in [2.75, 3.05) is 0 Å². The Morgan fingerprint density at radius 1 is 0.875 bits per heavy atom. The Kier molecular flexibility index (Phi) is 2.67. The minimum Gasteiger partial charge on any atom is -0.262 e. The standard InChI is InChI=1S/C20H12FN3/c21-15-6-7-16-14(10-15)11-19(13-4-2-1-3-5-13)24-20(16)17-8-9-22-12-18(17)23-24/h1-12H. The molecule has 24 heavy (non-hydrogen) atoms. The summed E-state index contributed by atoms with van der Waals surface area (Å²) in [5.74, 6) is -0.239. The zero-order chi connectivity index (χ0) is 16.1. The lowest BCUT2D eigenvalue weighted by molar-refractivity contribution is 0.630. The van der Waals surface area contributed by atoms with Gasteiger partial charge >= 0.3 is 0 Å². The van der Waals surface area contributed by atoms with Crippen LogP contribution in [0.3, 0.4) is 0 Å². The molecule has 0 saturated carbocycles. The molecule has 3 nitrogen and oxygen atoms in total. The Hall–Kier alpha value is -3.27. The highest BCUT2D eigenvalue weighted by molar-refractivity contribution is 6.10.